The minimum Gasteiger partial charge on any atom is -0.339 e. The maximum atomic E-state index is 12.2. The van der Waals surface area contributed by atoms with Gasteiger partial charge in [0.05, 0.1) is 11.8 Å². The zero-order chi connectivity index (χ0) is 13.9. The third kappa shape index (κ3) is 5.35. The molecule has 0 aromatic rings. The van der Waals surface area contributed by atoms with E-state index in [9.17, 15) is 13.2 Å². The van der Waals surface area contributed by atoms with Gasteiger partial charge >= 0.3 is 0 Å². The number of carbonyl (C=O) groups excluding carboxylic acids is 1. The van der Waals surface area contributed by atoms with Crippen LogP contribution in [-0.2, 0) is 14.6 Å². The summed E-state index contributed by atoms with van der Waals surface area (Å²) in [6.07, 6.45) is 3.71. The van der Waals surface area contributed by atoms with Gasteiger partial charge in [-0.25, -0.2) is 8.42 Å². The average Bonchev–Trinajstić information content (AvgIpc) is 3.03. The summed E-state index contributed by atoms with van der Waals surface area (Å²) in [5.74, 6) is 0.453. The lowest BCUT2D eigenvalue weighted by Crippen LogP contribution is -2.48. The van der Waals surface area contributed by atoms with Crippen molar-refractivity contribution in [3.05, 3.63) is 0 Å². The predicted molar refractivity (Wildman–Crippen MR) is 71.9 cm³/mol. The number of hydrogen-bond acceptors (Lipinski definition) is 4. The molecule has 1 aliphatic rings. The number of amides is 1. The highest BCUT2D eigenvalue weighted by atomic mass is 32.2. The van der Waals surface area contributed by atoms with Gasteiger partial charge in [0.2, 0.25) is 5.91 Å². The van der Waals surface area contributed by atoms with E-state index in [0.717, 1.165) is 12.8 Å². The van der Waals surface area contributed by atoms with E-state index in [1.165, 1.54) is 12.8 Å². The van der Waals surface area contributed by atoms with Gasteiger partial charge in [-0.2, -0.15) is 0 Å². The summed E-state index contributed by atoms with van der Waals surface area (Å²) in [6, 6.07) is -0.594. The van der Waals surface area contributed by atoms with E-state index in [0.29, 0.717) is 5.92 Å². The Morgan fingerprint density at radius 1 is 1.39 bits per heavy atom. The lowest BCUT2D eigenvalue weighted by atomic mass is 10.1. The molecular weight excluding hydrogens is 252 g/mol. The number of carbonyl (C=O) groups is 1. The molecule has 2 N–H and O–H groups in total. The van der Waals surface area contributed by atoms with Gasteiger partial charge in [0, 0.05) is 18.8 Å². The Balaban J connectivity index is 2.52. The van der Waals surface area contributed by atoms with Crippen molar-refractivity contribution in [2.24, 2.45) is 11.7 Å². The fraction of sp³-hybridized carbons (Fsp3) is 0.917. The first-order valence-corrected chi connectivity index (χ1v) is 8.50. The molecule has 1 unspecified atom stereocenters. The van der Waals surface area contributed by atoms with E-state index in [1.807, 2.05) is 13.8 Å². The molecule has 0 bridgehead atoms. The van der Waals surface area contributed by atoms with Crippen molar-refractivity contribution in [3.63, 3.8) is 0 Å². The van der Waals surface area contributed by atoms with E-state index in [1.54, 1.807) is 4.90 Å². The van der Waals surface area contributed by atoms with Gasteiger partial charge in [-0.05, 0) is 39.0 Å². The third-order valence-electron chi connectivity index (χ3n) is 3.18. The summed E-state index contributed by atoms with van der Waals surface area (Å²) in [5, 5.41) is 0. The van der Waals surface area contributed by atoms with Crippen LogP contribution in [-0.4, -0.2) is 49.9 Å². The molecule has 106 valence electrons. The van der Waals surface area contributed by atoms with Crippen molar-refractivity contribution in [2.75, 3.05) is 18.6 Å². The molecule has 0 aromatic carbocycles. The monoisotopic (exact) mass is 276 g/mol. The van der Waals surface area contributed by atoms with Crippen molar-refractivity contribution in [3.8, 4) is 0 Å². The molecule has 0 heterocycles. The predicted octanol–water partition coefficient (Wildman–Crippen LogP) is 0.395. The molecular formula is C12H24N2O3S. The van der Waals surface area contributed by atoms with Crippen LogP contribution in [0.1, 0.15) is 33.1 Å². The molecule has 1 fully saturated rings. The Morgan fingerprint density at radius 2 is 1.94 bits per heavy atom. The van der Waals surface area contributed by atoms with Crippen molar-refractivity contribution in [1.29, 1.82) is 0 Å². The molecule has 18 heavy (non-hydrogen) atoms. The maximum Gasteiger partial charge on any atom is 0.239 e. The Kier molecular flexibility index (Phi) is 5.16. The Morgan fingerprint density at radius 3 is 2.33 bits per heavy atom. The zero-order valence-corrected chi connectivity index (χ0v) is 12.2. The lowest BCUT2D eigenvalue weighted by molar-refractivity contribution is -0.134. The smallest absolute Gasteiger partial charge is 0.239 e. The van der Waals surface area contributed by atoms with E-state index < -0.39 is 15.9 Å². The van der Waals surface area contributed by atoms with Gasteiger partial charge in [-0.3, -0.25) is 4.79 Å². The van der Waals surface area contributed by atoms with Gasteiger partial charge in [0.15, 0.2) is 0 Å². The second-order valence-electron chi connectivity index (χ2n) is 5.55. The number of nitrogens with zero attached hydrogens (tertiary/aromatic N) is 1. The van der Waals surface area contributed by atoms with Gasteiger partial charge in [0.25, 0.3) is 0 Å². The van der Waals surface area contributed by atoms with E-state index >= 15 is 0 Å². The number of sulfone groups is 1. The largest absolute Gasteiger partial charge is 0.339 e. The second-order valence-corrected chi connectivity index (χ2v) is 7.81. The summed E-state index contributed by atoms with van der Waals surface area (Å²) in [4.78, 5) is 14.0. The summed E-state index contributed by atoms with van der Waals surface area (Å²) >= 11 is 0. The number of rotatable bonds is 7. The maximum absolute atomic E-state index is 12.2. The summed E-state index contributed by atoms with van der Waals surface area (Å²) in [7, 11) is -3.06. The molecule has 0 radical (unpaired) electrons. The van der Waals surface area contributed by atoms with Crippen LogP contribution in [0.25, 0.3) is 0 Å². The van der Waals surface area contributed by atoms with Crippen LogP contribution in [0.5, 0.6) is 0 Å². The molecule has 1 rings (SSSR count). The molecule has 6 heteroatoms. The second kappa shape index (κ2) is 6.02. The van der Waals surface area contributed by atoms with Crippen LogP contribution in [0.3, 0.4) is 0 Å². The number of hydrogen-bond donors (Lipinski definition) is 1. The van der Waals surface area contributed by atoms with Crippen molar-refractivity contribution >= 4 is 15.7 Å². The summed E-state index contributed by atoms with van der Waals surface area (Å²) < 4.78 is 22.1. The van der Waals surface area contributed by atoms with Gasteiger partial charge in [-0.15, -0.1) is 0 Å². The van der Waals surface area contributed by atoms with Crippen LogP contribution in [0.4, 0.5) is 0 Å². The molecule has 0 aliphatic heterocycles. The van der Waals surface area contributed by atoms with Crippen LogP contribution in [0, 0.1) is 5.92 Å². The van der Waals surface area contributed by atoms with Crippen LogP contribution < -0.4 is 5.73 Å². The Bertz CT molecular complexity index is 388. The lowest BCUT2D eigenvalue weighted by Gasteiger charge is -2.29. The normalized spacial score (nSPS) is 17.8. The average molecular weight is 276 g/mol. The molecule has 1 aliphatic carbocycles. The molecule has 0 saturated heterocycles. The molecule has 0 aromatic heterocycles. The highest BCUT2D eigenvalue weighted by Crippen LogP contribution is 2.30. The van der Waals surface area contributed by atoms with Crippen LogP contribution in [0.15, 0.2) is 0 Å². The Labute approximate surface area is 110 Å². The van der Waals surface area contributed by atoms with Gasteiger partial charge in [0.1, 0.15) is 9.84 Å². The molecule has 1 saturated carbocycles. The van der Waals surface area contributed by atoms with Crippen LogP contribution >= 0.6 is 0 Å². The van der Waals surface area contributed by atoms with Crippen molar-refractivity contribution in [2.45, 2.75) is 45.2 Å². The first kappa shape index (κ1) is 15.4. The Hall–Kier alpha value is -0.620. The molecule has 1 atom stereocenters. The quantitative estimate of drug-likeness (QED) is 0.729. The first-order chi connectivity index (χ1) is 8.20. The molecule has 5 nitrogen and oxygen atoms in total. The highest BCUT2D eigenvalue weighted by Gasteiger charge is 2.30. The topological polar surface area (TPSA) is 80.5 Å². The van der Waals surface area contributed by atoms with E-state index in [2.05, 4.69) is 0 Å². The highest BCUT2D eigenvalue weighted by molar-refractivity contribution is 7.90. The van der Waals surface area contributed by atoms with E-state index in [4.69, 9.17) is 5.73 Å². The van der Waals surface area contributed by atoms with Crippen molar-refractivity contribution in [1.82, 2.24) is 4.90 Å². The third-order valence-corrected chi connectivity index (χ3v) is 4.15. The summed E-state index contributed by atoms with van der Waals surface area (Å²) in [6.45, 7) is 4.68. The molecule has 1 amide bonds. The molecule has 0 spiro atoms. The fourth-order valence-electron chi connectivity index (χ4n) is 1.81. The zero-order valence-electron chi connectivity index (χ0n) is 11.4. The standard InChI is InChI=1S/C12H24N2O3S/c1-9(2)14(8-10-4-5-10)12(15)11(13)6-7-18(3,16)17/h9-11H,4-8,13H2,1-3H3. The first-order valence-electron chi connectivity index (χ1n) is 6.44. The van der Waals surface area contributed by atoms with Crippen molar-refractivity contribution < 1.29 is 13.2 Å². The number of nitrogens with two attached hydrogens (primary N) is 1. The van der Waals surface area contributed by atoms with Gasteiger partial charge < -0.3 is 10.6 Å². The SMILES string of the molecule is CC(C)N(CC1CC1)C(=O)C(N)CCS(C)(=O)=O. The minimum absolute atomic E-state index is 0.0325. The fourth-order valence-corrected chi connectivity index (χ4v) is 2.49. The van der Waals surface area contributed by atoms with Crippen LogP contribution in [0.2, 0.25) is 0 Å². The summed E-state index contributed by atoms with van der Waals surface area (Å²) in [5.41, 5.74) is 5.80. The van der Waals surface area contributed by atoms with E-state index in [-0.39, 0.29) is 24.1 Å². The van der Waals surface area contributed by atoms with Gasteiger partial charge in [-0.1, -0.05) is 0 Å². The minimum atomic E-state index is -3.06.